The third kappa shape index (κ3) is 6.87. The van der Waals surface area contributed by atoms with Crippen molar-refractivity contribution in [3.8, 4) is 0 Å². The van der Waals surface area contributed by atoms with Crippen molar-refractivity contribution in [1.29, 1.82) is 0 Å². The zero-order valence-electron chi connectivity index (χ0n) is 10.1. The Balaban J connectivity index is 4.26. The van der Waals surface area contributed by atoms with Crippen LogP contribution in [0.4, 0.5) is 0 Å². The number of ether oxygens (including phenoxy) is 1. The van der Waals surface area contributed by atoms with E-state index < -0.39 is 9.84 Å². The summed E-state index contributed by atoms with van der Waals surface area (Å²) in [4.78, 5) is 0. The lowest BCUT2D eigenvalue weighted by Crippen LogP contribution is -2.41. The van der Waals surface area contributed by atoms with E-state index in [0.717, 1.165) is 13.0 Å². The topological polar surface area (TPSA) is 55.4 Å². The molecule has 0 aromatic carbocycles. The molecule has 0 saturated heterocycles. The van der Waals surface area contributed by atoms with E-state index in [4.69, 9.17) is 4.74 Å². The molecule has 0 spiro atoms. The largest absolute Gasteiger partial charge is 0.380 e. The van der Waals surface area contributed by atoms with Crippen LogP contribution in [0.1, 0.15) is 26.7 Å². The van der Waals surface area contributed by atoms with Crippen molar-refractivity contribution in [3.05, 3.63) is 0 Å². The summed E-state index contributed by atoms with van der Waals surface area (Å²) in [5, 5.41) is 3.27. The molecular weight excluding hydrogens is 214 g/mol. The molecule has 0 heterocycles. The highest BCUT2D eigenvalue weighted by Crippen LogP contribution is 2.08. The number of hydrogen-bond acceptors (Lipinski definition) is 4. The van der Waals surface area contributed by atoms with Crippen molar-refractivity contribution in [2.45, 2.75) is 38.8 Å². The van der Waals surface area contributed by atoms with Gasteiger partial charge in [0.25, 0.3) is 0 Å². The maximum absolute atomic E-state index is 11.1. The Kier molecular flexibility index (Phi) is 7.13. The van der Waals surface area contributed by atoms with Crippen LogP contribution < -0.4 is 5.32 Å². The Morgan fingerprint density at radius 2 is 1.93 bits per heavy atom. The number of rotatable bonds is 8. The lowest BCUT2D eigenvalue weighted by molar-refractivity contribution is 0.0648. The first-order valence-electron chi connectivity index (χ1n) is 5.38. The summed E-state index contributed by atoms with van der Waals surface area (Å²) in [6.07, 6.45) is 2.85. The molecule has 0 bridgehead atoms. The summed E-state index contributed by atoms with van der Waals surface area (Å²) >= 11 is 0. The SMILES string of the molecule is CCNC(CCS(C)(=O)=O)C(CC)OC. The van der Waals surface area contributed by atoms with Crippen molar-refractivity contribution in [2.24, 2.45) is 0 Å². The van der Waals surface area contributed by atoms with Crippen LogP contribution in [0.5, 0.6) is 0 Å². The van der Waals surface area contributed by atoms with Gasteiger partial charge in [-0.25, -0.2) is 8.42 Å². The van der Waals surface area contributed by atoms with Crippen LogP contribution in [-0.2, 0) is 14.6 Å². The summed E-state index contributed by atoms with van der Waals surface area (Å²) in [5.41, 5.74) is 0. The van der Waals surface area contributed by atoms with E-state index in [1.165, 1.54) is 6.26 Å². The minimum absolute atomic E-state index is 0.0895. The first-order valence-corrected chi connectivity index (χ1v) is 7.44. The fraction of sp³-hybridized carbons (Fsp3) is 1.00. The molecule has 0 aliphatic carbocycles. The lowest BCUT2D eigenvalue weighted by Gasteiger charge is -2.25. The first kappa shape index (κ1) is 14.9. The fourth-order valence-electron chi connectivity index (χ4n) is 1.64. The second kappa shape index (κ2) is 7.19. The molecule has 0 aromatic heterocycles. The quantitative estimate of drug-likeness (QED) is 0.679. The number of sulfone groups is 1. The van der Waals surface area contributed by atoms with Crippen LogP contribution in [0, 0.1) is 0 Å². The molecule has 4 nitrogen and oxygen atoms in total. The van der Waals surface area contributed by atoms with Crippen molar-refractivity contribution < 1.29 is 13.2 Å². The predicted octanol–water partition coefficient (Wildman–Crippen LogP) is 0.824. The van der Waals surface area contributed by atoms with Crippen LogP contribution in [-0.4, -0.2) is 46.2 Å². The second-order valence-electron chi connectivity index (χ2n) is 3.77. The molecular formula is C10H23NO3S. The Morgan fingerprint density at radius 1 is 1.33 bits per heavy atom. The summed E-state index contributed by atoms with van der Waals surface area (Å²) in [6.45, 7) is 4.88. The highest BCUT2D eigenvalue weighted by Gasteiger charge is 2.19. The van der Waals surface area contributed by atoms with Crippen molar-refractivity contribution in [2.75, 3.05) is 25.7 Å². The maximum Gasteiger partial charge on any atom is 0.147 e. The third-order valence-electron chi connectivity index (χ3n) is 2.42. The molecule has 2 unspecified atom stereocenters. The molecule has 1 N–H and O–H groups in total. The Bertz CT molecular complexity index is 247. The van der Waals surface area contributed by atoms with Crippen molar-refractivity contribution >= 4 is 9.84 Å². The molecule has 0 amide bonds. The molecule has 0 radical (unpaired) electrons. The second-order valence-corrected chi connectivity index (χ2v) is 6.02. The highest BCUT2D eigenvalue weighted by atomic mass is 32.2. The molecule has 0 rings (SSSR count). The monoisotopic (exact) mass is 237 g/mol. The standard InChI is InChI=1S/C10H23NO3S/c1-5-10(14-3)9(11-6-2)7-8-15(4,12)13/h9-11H,5-8H2,1-4H3. The van der Waals surface area contributed by atoms with Gasteiger partial charge >= 0.3 is 0 Å². The molecule has 0 saturated carbocycles. The van der Waals surface area contributed by atoms with E-state index in [0.29, 0.717) is 6.42 Å². The Labute approximate surface area is 93.3 Å². The van der Waals surface area contributed by atoms with Gasteiger partial charge in [0.15, 0.2) is 0 Å². The van der Waals surface area contributed by atoms with E-state index in [-0.39, 0.29) is 17.9 Å². The summed E-state index contributed by atoms with van der Waals surface area (Å²) < 4.78 is 27.5. The van der Waals surface area contributed by atoms with Gasteiger partial charge in [-0.05, 0) is 19.4 Å². The molecule has 15 heavy (non-hydrogen) atoms. The normalized spacial score (nSPS) is 16.3. The minimum atomic E-state index is -2.88. The van der Waals surface area contributed by atoms with E-state index in [9.17, 15) is 8.42 Å². The van der Waals surface area contributed by atoms with Crippen LogP contribution in [0.3, 0.4) is 0 Å². The van der Waals surface area contributed by atoms with E-state index in [1.54, 1.807) is 7.11 Å². The lowest BCUT2D eigenvalue weighted by atomic mass is 10.1. The molecule has 5 heteroatoms. The fourth-order valence-corrected chi connectivity index (χ4v) is 2.32. The summed E-state index contributed by atoms with van der Waals surface area (Å²) in [6, 6.07) is 0.125. The third-order valence-corrected chi connectivity index (χ3v) is 3.40. The van der Waals surface area contributed by atoms with Crippen LogP contribution in [0.25, 0.3) is 0 Å². The van der Waals surface area contributed by atoms with Crippen molar-refractivity contribution in [1.82, 2.24) is 5.32 Å². The van der Waals surface area contributed by atoms with Gasteiger partial charge in [0.1, 0.15) is 9.84 Å². The first-order chi connectivity index (χ1) is 6.94. The average molecular weight is 237 g/mol. The van der Waals surface area contributed by atoms with Crippen molar-refractivity contribution in [3.63, 3.8) is 0 Å². The van der Waals surface area contributed by atoms with E-state index in [1.807, 2.05) is 13.8 Å². The summed E-state index contributed by atoms with van der Waals surface area (Å²) in [7, 11) is -1.22. The van der Waals surface area contributed by atoms with Crippen LogP contribution >= 0.6 is 0 Å². The highest BCUT2D eigenvalue weighted by molar-refractivity contribution is 7.90. The number of nitrogens with one attached hydrogen (secondary N) is 1. The molecule has 0 aromatic rings. The van der Waals surface area contributed by atoms with Gasteiger partial charge in [-0.3, -0.25) is 0 Å². The van der Waals surface area contributed by atoms with Gasteiger partial charge in [0.2, 0.25) is 0 Å². The number of hydrogen-bond donors (Lipinski definition) is 1. The Morgan fingerprint density at radius 3 is 2.27 bits per heavy atom. The molecule has 0 aliphatic heterocycles. The van der Waals surface area contributed by atoms with Gasteiger partial charge in [-0.1, -0.05) is 13.8 Å². The van der Waals surface area contributed by atoms with E-state index >= 15 is 0 Å². The predicted molar refractivity (Wildman–Crippen MR) is 62.9 cm³/mol. The van der Waals surface area contributed by atoms with E-state index in [2.05, 4.69) is 5.32 Å². The zero-order valence-corrected chi connectivity index (χ0v) is 10.9. The van der Waals surface area contributed by atoms with Gasteiger partial charge in [-0.15, -0.1) is 0 Å². The number of methoxy groups -OCH3 is 1. The average Bonchev–Trinajstić information content (AvgIpc) is 2.14. The molecule has 0 aliphatic rings. The minimum Gasteiger partial charge on any atom is -0.380 e. The summed E-state index contributed by atoms with van der Waals surface area (Å²) in [5.74, 6) is 0.213. The maximum atomic E-state index is 11.1. The van der Waals surface area contributed by atoms with Gasteiger partial charge in [0, 0.05) is 19.4 Å². The van der Waals surface area contributed by atoms with Gasteiger partial charge in [-0.2, -0.15) is 0 Å². The number of likely N-dealkylation sites (N-methyl/N-ethyl adjacent to an activating group) is 1. The molecule has 2 atom stereocenters. The zero-order chi connectivity index (χ0) is 11.9. The van der Waals surface area contributed by atoms with Gasteiger partial charge in [0.05, 0.1) is 11.9 Å². The van der Waals surface area contributed by atoms with Crippen LogP contribution in [0.15, 0.2) is 0 Å². The molecule has 0 fully saturated rings. The smallest absolute Gasteiger partial charge is 0.147 e. The van der Waals surface area contributed by atoms with Gasteiger partial charge < -0.3 is 10.1 Å². The molecule has 92 valence electrons. The Hall–Kier alpha value is -0.130. The van der Waals surface area contributed by atoms with Crippen LogP contribution in [0.2, 0.25) is 0 Å².